The predicted molar refractivity (Wildman–Crippen MR) is 74.4 cm³/mol. The standard InChI is InChI=1S/C9H10O2S.C2H6O.C2H6/c1-11-8-4-3-7(6-10)5-9(8)12-2;1-3-2;1-2/h3-6H,1-2H3;1-2H3;1-2H3. The zero-order valence-corrected chi connectivity index (χ0v) is 12.3. The normalized spacial score (nSPS) is 8.12. The molecule has 3 nitrogen and oxygen atoms in total. The summed E-state index contributed by atoms with van der Waals surface area (Å²) in [6.07, 6.45) is 2.78. The molecule has 17 heavy (non-hydrogen) atoms. The monoisotopic (exact) mass is 258 g/mol. The van der Waals surface area contributed by atoms with Crippen LogP contribution in [0.25, 0.3) is 0 Å². The summed E-state index contributed by atoms with van der Waals surface area (Å²) in [5.41, 5.74) is 0.681. The number of benzene rings is 1. The SMILES string of the molecule is CC.COC.COc1ccc(C=O)cc1SC. The second-order valence-corrected chi connectivity index (χ2v) is 3.49. The van der Waals surface area contributed by atoms with Crippen molar-refractivity contribution in [3.8, 4) is 5.75 Å². The first-order valence-corrected chi connectivity index (χ1v) is 6.53. The molecule has 0 amide bonds. The molecule has 0 aromatic heterocycles. The number of methoxy groups -OCH3 is 2. The van der Waals surface area contributed by atoms with Crippen LogP contribution >= 0.6 is 11.8 Å². The highest BCUT2D eigenvalue weighted by molar-refractivity contribution is 7.98. The first-order chi connectivity index (χ1) is 8.23. The Hall–Kier alpha value is -1.00. The number of rotatable bonds is 3. The molecular formula is C13H22O3S. The Bertz CT molecular complexity index is 301. The zero-order chi connectivity index (χ0) is 13.7. The summed E-state index contributed by atoms with van der Waals surface area (Å²) >= 11 is 1.57. The van der Waals surface area contributed by atoms with Gasteiger partial charge in [-0.1, -0.05) is 13.8 Å². The van der Waals surface area contributed by atoms with Gasteiger partial charge < -0.3 is 9.47 Å². The Morgan fingerprint density at radius 1 is 1.18 bits per heavy atom. The third-order valence-electron chi connectivity index (χ3n) is 1.54. The molecule has 0 spiro atoms. The van der Waals surface area contributed by atoms with Gasteiger partial charge in [0.1, 0.15) is 12.0 Å². The molecular weight excluding hydrogens is 236 g/mol. The predicted octanol–water partition coefficient (Wildman–Crippen LogP) is 3.52. The molecule has 0 aliphatic rings. The van der Waals surface area contributed by atoms with Gasteiger partial charge in [-0.05, 0) is 24.5 Å². The van der Waals surface area contributed by atoms with Gasteiger partial charge in [0.15, 0.2) is 0 Å². The molecule has 1 rings (SSSR count). The molecule has 0 aliphatic carbocycles. The number of hydrogen-bond donors (Lipinski definition) is 0. The minimum Gasteiger partial charge on any atom is -0.496 e. The largest absolute Gasteiger partial charge is 0.496 e. The van der Waals surface area contributed by atoms with Crippen molar-refractivity contribution in [2.24, 2.45) is 0 Å². The first kappa shape index (κ1) is 18.4. The molecule has 4 heteroatoms. The van der Waals surface area contributed by atoms with Crippen LogP contribution in [0.3, 0.4) is 0 Å². The summed E-state index contributed by atoms with van der Waals surface area (Å²) in [5.74, 6) is 0.813. The maximum Gasteiger partial charge on any atom is 0.150 e. The highest BCUT2D eigenvalue weighted by Gasteiger charge is 2.01. The molecule has 0 aliphatic heterocycles. The lowest BCUT2D eigenvalue weighted by molar-refractivity contribution is 0.112. The lowest BCUT2D eigenvalue weighted by Gasteiger charge is -2.05. The van der Waals surface area contributed by atoms with Crippen LogP contribution in [0.5, 0.6) is 5.75 Å². The smallest absolute Gasteiger partial charge is 0.150 e. The number of ether oxygens (including phenoxy) is 2. The average molecular weight is 258 g/mol. The van der Waals surface area contributed by atoms with Crippen LogP contribution in [0.15, 0.2) is 23.1 Å². The molecule has 98 valence electrons. The summed E-state index contributed by atoms with van der Waals surface area (Å²) in [4.78, 5) is 11.4. The van der Waals surface area contributed by atoms with E-state index >= 15 is 0 Å². The average Bonchev–Trinajstić information content (AvgIpc) is 2.41. The number of hydrogen-bond acceptors (Lipinski definition) is 4. The van der Waals surface area contributed by atoms with E-state index in [4.69, 9.17) is 4.74 Å². The van der Waals surface area contributed by atoms with E-state index in [9.17, 15) is 4.79 Å². The van der Waals surface area contributed by atoms with Crippen molar-refractivity contribution in [2.45, 2.75) is 18.7 Å². The molecule has 0 heterocycles. The molecule has 1 aromatic carbocycles. The summed E-state index contributed by atoms with van der Waals surface area (Å²) in [7, 11) is 4.87. The van der Waals surface area contributed by atoms with Crippen LogP contribution < -0.4 is 4.74 Å². The van der Waals surface area contributed by atoms with E-state index < -0.39 is 0 Å². The lowest BCUT2D eigenvalue weighted by Crippen LogP contribution is -1.87. The van der Waals surface area contributed by atoms with Crippen LogP contribution in [-0.4, -0.2) is 33.9 Å². The highest BCUT2D eigenvalue weighted by Crippen LogP contribution is 2.27. The Kier molecular flexibility index (Phi) is 14.1. The molecule has 0 atom stereocenters. The summed E-state index contributed by atoms with van der Waals surface area (Å²) in [6.45, 7) is 4.00. The number of aldehydes is 1. The van der Waals surface area contributed by atoms with E-state index in [2.05, 4.69) is 4.74 Å². The van der Waals surface area contributed by atoms with Crippen molar-refractivity contribution >= 4 is 18.0 Å². The molecule has 0 fully saturated rings. The highest BCUT2D eigenvalue weighted by atomic mass is 32.2. The van der Waals surface area contributed by atoms with Gasteiger partial charge in [-0.25, -0.2) is 0 Å². The van der Waals surface area contributed by atoms with Crippen LogP contribution in [0, 0.1) is 0 Å². The third kappa shape index (κ3) is 7.82. The molecule has 0 saturated carbocycles. The van der Waals surface area contributed by atoms with Gasteiger partial charge in [-0.3, -0.25) is 4.79 Å². The van der Waals surface area contributed by atoms with Crippen LogP contribution in [0.4, 0.5) is 0 Å². The first-order valence-electron chi connectivity index (χ1n) is 5.30. The summed E-state index contributed by atoms with van der Waals surface area (Å²) in [6, 6.07) is 5.36. The van der Waals surface area contributed by atoms with E-state index in [1.54, 1.807) is 45.2 Å². The van der Waals surface area contributed by atoms with Gasteiger partial charge >= 0.3 is 0 Å². The summed E-state index contributed by atoms with van der Waals surface area (Å²) < 4.78 is 9.35. The fourth-order valence-electron chi connectivity index (χ4n) is 0.926. The van der Waals surface area contributed by atoms with Gasteiger partial charge in [-0.15, -0.1) is 11.8 Å². The van der Waals surface area contributed by atoms with E-state index in [-0.39, 0.29) is 0 Å². The molecule has 0 bridgehead atoms. The van der Waals surface area contributed by atoms with Crippen molar-refractivity contribution in [2.75, 3.05) is 27.6 Å². The Labute approximate surface area is 109 Å². The van der Waals surface area contributed by atoms with Gasteiger partial charge in [0.25, 0.3) is 0 Å². The fraction of sp³-hybridized carbons (Fsp3) is 0.462. The maximum absolute atomic E-state index is 10.4. The minimum absolute atomic E-state index is 0.681. The molecule has 0 radical (unpaired) electrons. The van der Waals surface area contributed by atoms with Crippen molar-refractivity contribution in [1.29, 1.82) is 0 Å². The molecule has 0 saturated heterocycles. The van der Waals surface area contributed by atoms with E-state index in [0.717, 1.165) is 16.9 Å². The van der Waals surface area contributed by atoms with Crippen LogP contribution in [0.2, 0.25) is 0 Å². The van der Waals surface area contributed by atoms with Crippen molar-refractivity contribution in [1.82, 2.24) is 0 Å². The minimum atomic E-state index is 0.681. The topological polar surface area (TPSA) is 35.5 Å². The lowest BCUT2D eigenvalue weighted by atomic mass is 10.2. The van der Waals surface area contributed by atoms with Gasteiger partial charge in [-0.2, -0.15) is 0 Å². The maximum atomic E-state index is 10.4. The number of carbonyl (C=O) groups is 1. The Morgan fingerprint density at radius 2 is 1.71 bits per heavy atom. The Morgan fingerprint density at radius 3 is 2.06 bits per heavy atom. The van der Waals surface area contributed by atoms with E-state index in [1.807, 2.05) is 26.2 Å². The van der Waals surface area contributed by atoms with Crippen molar-refractivity contribution < 1.29 is 14.3 Å². The fourth-order valence-corrected chi connectivity index (χ4v) is 1.53. The van der Waals surface area contributed by atoms with Gasteiger partial charge in [0, 0.05) is 24.7 Å². The summed E-state index contributed by atoms with van der Waals surface area (Å²) in [5, 5.41) is 0. The molecule has 0 N–H and O–H groups in total. The molecule has 0 unspecified atom stereocenters. The van der Waals surface area contributed by atoms with E-state index in [1.165, 1.54) is 0 Å². The number of carbonyl (C=O) groups excluding carboxylic acids is 1. The Balaban J connectivity index is 0. The number of thioether (sulfide) groups is 1. The van der Waals surface area contributed by atoms with Crippen molar-refractivity contribution in [3.63, 3.8) is 0 Å². The van der Waals surface area contributed by atoms with Crippen LogP contribution in [0.1, 0.15) is 24.2 Å². The van der Waals surface area contributed by atoms with Gasteiger partial charge in [0.2, 0.25) is 0 Å². The second kappa shape index (κ2) is 13.1. The zero-order valence-electron chi connectivity index (χ0n) is 11.4. The molecule has 1 aromatic rings. The quantitative estimate of drug-likeness (QED) is 0.614. The third-order valence-corrected chi connectivity index (χ3v) is 2.30. The second-order valence-electron chi connectivity index (χ2n) is 2.64. The van der Waals surface area contributed by atoms with Gasteiger partial charge in [0.05, 0.1) is 7.11 Å². The van der Waals surface area contributed by atoms with Crippen molar-refractivity contribution in [3.05, 3.63) is 23.8 Å². The van der Waals surface area contributed by atoms with E-state index in [0.29, 0.717) is 5.56 Å². The van der Waals surface area contributed by atoms with Crippen LogP contribution in [-0.2, 0) is 4.74 Å².